The second kappa shape index (κ2) is 12.7. The number of fused-ring (bicyclic) bond motifs is 1. The quantitative estimate of drug-likeness (QED) is 0.340. The fraction of sp³-hybridized carbons (Fsp3) is 0.667. The minimum atomic E-state index is 0.227. The van der Waals surface area contributed by atoms with Crippen molar-refractivity contribution in [3.05, 3.63) is 35.4 Å². The monoisotopic (exact) mass is 429 g/mol. The van der Waals surface area contributed by atoms with E-state index in [0.717, 1.165) is 77.5 Å². The molecule has 1 aromatic rings. The van der Waals surface area contributed by atoms with Crippen molar-refractivity contribution in [1.29, 1.82) is 0 Å². The van der Waals surface area contributed by atoms with E-state index in [2.05, 4.69) is 34.6 Å². The maximum atomic E-state index is 12.6. The number of carbonyl (C=O) groups excluding carboxylic acids is 1. The number of guanidine groups is 1. The van der Waals surface area contributed by atoms with E-state index in [1.807, 2.05) is 17.0 Å². The van der Waals surface area contributed by atoms with Crippen LogP contribution in [-0.4, -0.2) is 74.1 Å². The highest BCUT2D eigenvalue weighted by Gasteiger charge is 2.22. The molecule has 2 aliphatic heterocycles. The summed E-state index contributed by atoms with van der Waals surface area (Å²) in [5.41, 5.74) is 2.55. The van der Waals surface area contributed by atoms with Crippen molar-refractivity contribution in [2.75, 3.05) is 46.4 Å². The van der Waals surface area contributed by atoms with Gasteiger partial charge in [0.15, 0.2) is 5.96 Å². The third-order valence-corrected chi connectivity index (χ3v) is 6.11. The maximum Gasteiger partial charge on any atom is 0.223 e. The van der Waals surface area contributed by atoms with Gasteiger partial charge in [-0.3, -0.25) is 9.79 Å². The van der Waals surface area contributed by atoms with Crippen LogP contribution in [0.5, 0.6) is 0 Å². The number of likely N-dealkylation sites (tertiary alicyclic amines) is 1. The molecule has 2 heterocycles. The number of rotatable bonds is 10. The van der Waals surface area contributed by atoms with Crippen molar-refractivity contribution in [1.82, 2.24) is 20.4 Å². The first-order valence-electron chi connectivity index (χ1n) is 11.8. The Morgan fingerprint density at radius 3 is 2.52 bits per heavy atom. The molecule has 0 bridgehead atoms. The predicted octanol–water partition coefficient (Wildman–Crippen LogP) is 2.37. The average Bonchev–Trinajstić information content (AvgIpc) is 3.22. The minimum absolute atomic E-state index is 0.227. The van der Waals surface area contributed by atoms with E-state index in [4.69, 9.17) is 9.73 Å². The highest BCUT2D eigenvalue weighted by molar-refractivity contribution is 5.80. The van der Waals surface area contributed by atoms with Crippen LogP contribution >= 0.6 is 0 Å². The highest BCUT2D eigenvalue weighted by Crippen LogP contribution is 2.22. The number of amides is 1. The van der Waals surface area contributed by atoms with Gasteiger partial charge in [-0.05, 0) is 43.7 Å². The lowest BCUT2D eigenvalue weighted by atomic mass is 10.1. The van der Waals surface area contributed by atoms with Crippen molar-refractivity contribution in [2.45, 2.75) is 58.2 Å². The fourth-order valence-electron chi connectivity index (χ4n) is 4.34. The largest absolute Gasteiger partial charge is 0.385 e. The highest BCUT2D eigenvalue weighted by atomic mass is 16.5. The molecule has 7 heteroatoms. The smallest absolute Gasteiger partial charge is 0.223 e. The van der Waals surface area contributed by atoms with Crippen LogP contribution in [0.1, 0.15) is 50.2 Å². The molecule has 3 rings (SSSR count). The number of hydrogen-bond acceptors (Lipinski definition) is 4. The van der Waals surface area contributed by atoms with Gasteiger partial charge in [-0.25, -0.2) is 0 Å². The standard InChI is InChI=1S/C24H39N5O2/c1-3-25-24(27-22-11-15-28(16-12-22)14-7-17-31-2)26-13-6-10-23(30)29-18-20-8-4-5-9-21(20)19-29/h4-5,8-9,22H,3,6-7,10-19H2,1-2H3,(H2,25,26,27). The Labute approximate surface area is 187 Å². The van der Waals surface area contributed by atoms with Crippen LogP contribution in [0.4, 0.5) is 0 Å². The molecule has 0 unspecified atom stereocenters. The Balaban J connectivity index is 1.36. The second-order valence-corrected chi connectivity index (χ2v) is 8.49. The van der Waals surface area contributed by atoms with Crippen molar-refractivity contribution in [3.8, 4) is 0 Å². The van der Waals surface area contributed by atoms with Crippen molar-refractivity contribution in [2.24, 2.45) is 4.99 Å². The number of nitrogens with one attached hydrogen (secondary N) is 2. The summed E-state index contributed by atoms with van der Waals surface area (Å²) in [6.07, 6.45) is 4.69. The first kappa shape index (κ1) is 23.5. The Hall–Kier alpha value is -2.12. The molecule has 0 spiro atoms. The third kappa shape index (κ3) is 7.51. The van der Waals surface area contributed by atoms with Crippen LogP contribution in [0.3, 0.4) is 0 Å². The summed E-state index contributed by atoms with van der Waals surface area (Å²) in [4.78, 5) is 21.8. The van der Waals surface area contributed by atoms with Gasteiger partial charge in [0, 0.05) is 72.0 Å². The van der Waals surface area contributed by atoms with Gasteiger partial charge in [0.05, 0.1) is 0 Å². The number of piperidine rings is 1. The molecule has 172 valence electrons. The van der Waals surface area contributed by atoms with Crippen molar-refractivity contribution in [3.63, 3.8) is 0 Å². The zero-order chi connectivity index (χ0) is 21.9. The minimum Gasteiger partial charge on any atom is -0.385 e. The van der Waals surface area contributed by atoms with E-state index in [9.17, 15) is 4.79 Å². The van der Waals surface area contributed by atoms with Crippen LogP contribution in [-0.2, 0) is 22.6 Å². The molecule has 1 aromatic carbocycles. The zero-order valence-corrected chi connectivity index (χ0v) is 19.2. The molecule has 0 saturated carbocycles. The Morgan fingerprint density at radius 1 is 1.16 bits per heavy atom. The summed E-state index contributed by atoms with van der Waals surface area (Å²) < 4.78 is 5.15. The zero-order valence-electron chi connectivity index (χ0n) is 19.2. The van der Waals surface area contributed by atoms with Gasteiger partial charge in [0.1, 0.15) is 0 Å². The van der Waals surface area contributed by atoms with Gasteiger partial charge < -0.3 is 25.2 Å². The van der Waals surface area contributed by atoms with E-state index < -0.39 is 0 Å². The van der Waals surface area contributed by atoms with Gasteiger partial charge in [-0.2, -0.15) is 0 Å². The molecule has 1 amide bonds. The molecule has 0 radical (unpaired) electrons. The summed E-state index contributed by atoms with van der Waals surface area (Å²) in [5.74, 6) is 1.10. The van der Waals surface area contributed by atoms with Crippen LogP contribution in [0, 0.1) is 0 Å². The summed E-state index contributed by atoms with van der Waals surface area (Å²) in [6, 6.07) is 8.78. The van der Waals surface area contributed by atoms with Gasteiger partial charge >= 0.3 is 0 Å². The summed E-state index contributed by atoms with van der Waals surface area (Å²) in [7, 11) is 1.76. The average molecular weight is 430 g/mol. The van der Waals surface area contributed by atoms with Crippen LogP contribution in [0.2, 0.25) is 0 Å². The molecule has 0 aliphatic carbocycles. The molecule has 0 atom stereocenters. The Kier molecular flexibility index (Phi) is 9.62. The predicted molar refractivity (Wildman–Crippen MR) is 125 cm³/mol. The van der Waals surface area contributed by atoms with Crippen LogP contribution < -0.4 is 10.6 Å². The molecule has 7 nitrogen and oxygen atoms in total. The number of methoxy groups -OCH3 is 1. The number of ether oxygens (including phenoxy) is 1. The Morgan fingerprint density at radius 2 is 1.87 bits per heavy atom. The molecular formula is C24H39N5O2. The van der Waals surface area contributed by atoms with Gasteiger partial charge in [0.2, 0.25) is 5.91 Å². The second-order valence-electron chi connectivity index (χ2n) is 8.49. The number of hydrogen-bond donors (Lipinski definition) is 2. The number of aliphatic imine (C=N–C) groups is 1. The number of carbonyl (C=O) groups is 1. The Bertz CT molecular complexity index is 691. The van der Waals surface area contributed by atoms with E-state index in [-0.39, 0.29) is 5.91 Å². The van der Waals surface area contributed by atoms with Crippen LogP contribution in [0.15, 0.2) is 29.3 Å². The fourth-order valence-corrected chi connectivity index (χ4v) is 4.34. The van der Waals surface area contributed by atoms with Gasteiger partial charge in [-0.1, -0.05) is 24.3 Å². The van der Waals surface area contributed by atoms with Gasteiger partial charge in [-0.15, -0.1) is 0 Å². The summed E-state index contributed by atoms with van der Waals surface area (Å²) >= 11 is 0. The third-order valence-electron chi connectivity index (χ3n) is 6.11. The summed E-state index contributed by atoms with van der Waals surface area (Å²) in [6.45, 7) is 9.27. The lowest BCUT2D eigenvalue weighted by molar-refractivity contribution is -0.131. The normalized spacial score (nSPS) is 17.6. The molecule has 2 N–H and O–H groups in total. The van der Waals surface area contributed by atoms with Crippen molar-refractivity contribution >= 4 is 11.9 Å². The molecule has 2 aliphatic rings. The molecular weight excluding hydrogens is 390 g/mol. The van der Waals surface area contributed by atoms with Gasteiger partial charge in [0.25, 0.3) is 0 Å². The van der Waals surface area contributed by atoms with E-state index >= 15 is 0 Å². The van der Waals surface area contributed by atoms with E-state index in [1.54, 1.807) is 7.11 Å². The molecule has 1 saturated heterocycles. The first-order valence-corrected chi connectivity index (χ1v) is 11.8. The lowest BCUT2D eigenvalue weighted by Crippen LogP contribution is -2.48. The van der Waals surface area contributed by atoms with E-state index in [0.29, 0.717) is 19.0 Å². The molecule has 31 heavy (non-hydrogen) atoms. The topological polar surface area (TPSA) is 69.2 Å². The van der Waals surface area contributed by atoms with Crippen molar-refractivity contribution < 1.29 is 9.53 Å². The summed E-state index contributed by atoms with van der Waals surface area (Å²) in [5, 5.41) is 6.94. The number of benzene rings is 1. The maximum absolute atomic E-state index is 12.6. The molecule has 1 fully saturated rings. The van der Waals surface area contributed by atoms with E-state index in [1.165, 1.54) is 11.1 Å². The SMILES string of the molecule is CCNC(=NCCCC(=O)N1Cc2ccccc2C1)NC1CCN(CCCOC)CC1. The molecule has 0 aromatic heterocycles. The first-order chi connectivity index (χ1) is 15.2. The lowest BCUT2D eigenvalue weighted by Gasteiger charge is -2.33. The number of nitrogens with zero attached hydrogens (tertiary/aromatic N) is 3. The van der Waals surface area contributed by atoms with Crippen LogP contribution in [0.25, 0.3) is 0 Å².